The molecule has 1 aliphatic rings. The normalized spacial score (nSPS) is 24.2. The lowest BCUT2D eigenvalue weighted by Gasteiger charge is -2.31. The Balaban J connectivity index is 2.42. The van der Waals surface area contributed by atoms with Gasteiger partial charge in [0.2, 0.25) is 0 Å². The van der Waals surface area contributed by atoms with Gasteiger partial charge in [0.05, 0.1) is 0 Å². The SMILES string of the molecule is CCNC1c2cc(F)c(F)cc2SCC1C. The number of fused-ring (bicyclic) bond motifs is 1. The highest BCUT2D eigenvalue weighted by molar-refractivity contribution is 7.99. The number of halogens is 2. The first kappa shape index (κ1) is 11.9. The molecule has 16 heavy (non-hydrogen) atoms. The largest absolute Gasteiger partial charge is 0.310 e. The van der Waals surface area contributed by atoms with Gasteiger partial charge in [0, 0.05) is 16.7 Å². The lowest BCUT2D eigenvalue weighted by Crippen LogP contribution is -2.31. The first-order valence-corrected chi connectivity index (χ1v) is 6.47. The molecule has 4 heteroatoms. The zero-order valence-corrected chi connectivity index (χ0v) is 10.2. The molecule has 0 saturated heterocycles. The number of rotatable bonds is 2. The third-order valence-corrected chi connectivity index (χ3v) is 4.24. The van der Waals surface area contributed by atoms with Gasteiger partial charge in [-0.3, -0.25) is 0 Å². The maximum Gasteiger partial charge on any atom is 0.159 e. The van der Waals surface area contributed by atoms with Gasteiger partial charge in [0.1, 0.15) is 0 Å². The topological polar surface area (TPSA) is 12.0 Å². The molecule has 1 N–H and O–H groups in total. The highest BCUT2D eigenvalue weighted by atomic mass is 32.2. The van der Waals surface area contributed by atoms with E-state index in [1.165, 1.54) is 12.1 Å². The summed E-state index contributed by atoms with van der Waals surface area (Å²) < 4.78 is 26.3. The van der Waals surface area contributed by atoms with Crippen LogP contribution in [0.3, 0.4) is 0 Å². The Bertz CT molecular complexity index is 395. The van der Waals surface area contributed by atoms with Crippen molar-refractivity contribution in [1.29, 1.82) is 0 Å². The van der Waals surface area contributed by atoms with Crippen LogP contribution in [-0.4, -0.2) is 12.3 Å². The Morgan fingerprint density at radius 2 is 2.06 bits per heavy atom. The van der Waals surface area contributed by atoms with Gasteiger partial charge >= 0.3 is 0 Å². The van der Waals surface area contributed by atoms with E-state index < -0.39 is 11.6 Å². The van der Waals surface area contributed by atoms with Crippen LogP contribution in [0.25, 0.3) is 0 Å². The van der Waals surface area contributed by atoms with Crippen molar-refractivity contribution in [3.63, 3.8) is 0 Å². The molecule has 1 aliphatic heterocycles. The van der Waals surface area contributed by atoms with Gasteiger partial charge in [-0.25, -0.2) is 8.78 Å². The minimum Gasteiger partial charge on any atom is -0.310 e. The van der Waals surface area contributed by atoms with Gasteiger partial charge in [-0.2, -0.15) is 0 Å². The molecule has 0 fully saturated rings. The summed E-state index contributed by atoms with van der Waals surface area (Å²) >= 11 is 1.60. The molecule has 0 spiro atoms. The van der Waals surface area contributed by atoms with Crippen molar-refractivity contribution < 1.29 is 8.78 Å². The van der Waals surface area contributed by atoms with Gasteiger partial charge in [-0.15, -0.1) is 11.8 Å². The second-order valence-corrected chi connectivity index (χ2v) is 5.19. The van der Waals surface area contributed by atoms with Crippen molar-refractivity contribution in [3.8, 4) is 0 Å². The lowest BCUT2D eigenvalue weighted by molar-refractivity contribution is 0.409. The monoisotopic (exact) mass is 243 g/mol. The quantitative estimate of drug-likeness (QED) is 0.854. The molecule has 1 aromatic rings. The molecule has 2 unspecified atom stereocenters. The number of benzene rings is 1. The van der Waals surface area contributed by atoms with Crippen molar-refractivity contribution in [2.24, 2.45) is 5.92 Å². The molecular formula is C12H15F2NS. The number of hydrogen-bond donors (Lipinski definition) is 1. The molecule has 1 aromatic carbocycles. The maximum atomic E-state index is 13.2. The van der Waals surface area contributed by atoms with Crippen LogP contribution in [0.4, 0.5) is 8.78 Å². The zero-order chi connectivity index (χ0) is 11.7. The van der Waals surface area contributed by atoms with Crippen LogP contribution in [0.1, 0.15) is 25.5 Å². The summed E-state index contributed by atoms with van der Waals surface area (Å²) in [5, 5.41) is 3.33. The summed E-state index contributed by atoms with van der Waals surface area (Å²) in [6.45, 7) is 4.98. The number of nitrogens with one attached hydrogen (secondary N) is 1. The molecule has 1 heterocycles. The zero-order valence-electron chi connectivity index (χ0n) is 9.39. The Kier molecular flexibility index (Phi) is 3.50. The van der Waals surface area contributed by atoms with Crippen molar-refractivity contribution in [2.45, 2.75) is 24.8 Å². The van der Waals surface area contributed by atoms with Gasteiger partial charge < -0.3 is 5.32 Å². The van der Waals surface area contributed by atoms with E-state index in [2.05, 4.69) is 12.2 Å². The molecule has 2 rings (SSSR count). The molecule has 0 saturated carbocycles. The van der Waals surface area contributed by atoms with Crippen LogP contribution >= 0.6 is 11.8 Å². The van der Waals surface area contributed by atoms with Crippen LogP contribution < -0.4 is 5.32 Å². The van der Waals surface area contributed by atoms with Crippen molar-refractivity contribution in [2.75, 3.05) is 12.3 Å². The molecule has 0 aliphatic carbocycles. The Labute approximate surface area is 98.6 Å². The molecule has 0 bridgehead atoms. The summed E-state index contributed by atoms with van der Waals surface area (Å²) in [5.41, 5.74) is 0.893. The Morgan fingerprint density at radius 3 is 2.75 bits per heavy atom. The van der Waals surface area contributed by atoms with Crippen molar-refractivity contribution in [1.82, 2.24) is 5.32 Å². The molecule has 1 nitrogen and oxygen atoms in total. The summed E-state index contributed by atoms with van der Waals surface area (Å²) in [5.74, 6) is -0.134. The van der Waals surface area contributed by atoms with E-state index in [9.17, 15) is 8.78 Å². The van der Waals surface area contributed by atoms with E-state index in [4.69, 9.17) is 0 Å². The summed E-state index contributed by atoms with van der Waals surface area (Å²) in [6.07, 6.45) is 0. The minimum atomic E-state index is -0.754. The van der Waals surface area contributed by atoms with Gasteiger partial charge in [0.15, 0.2) is 11.6 Å². The fourth-order valence-corrected chi connectivity index (χ4v) is 3.24. The second-order valence-electron chi connectivity index (χ2n) is 4.13. The highest BCUT2D eigenvalue weighted by Gasteiger charge is 2.27. The number of thioether (sulfide) groups is 1. The molecular weight excluding hydrogens is 228 g/mol. The van der Waals surface area contributed by atoms with Crippen LogP contribution in [-0.2, 0) is 0 Å². The standard InChI is InChI=1S/C12H15F2NS/c1-3-15-12-7(2)6-16-11-5-10(14)9(13)4-8(11)12/h4-5,7,12,15H,3,6H2,1-2H3. The van der Waals surface area contributed by atoms with Gasteiger partial charge in [-0.1, -0.05) is 13.8 Å². The first-order valence-electron chi connectivity index (χ1n) is 5.48. The third-order valence-electron chi connectivity index (χ3n) is 2.88. The van der Waals surface area contributed by atoms with Crippen LogP contribution in [0, 0.1) is 17.6 Å². The van der Waals surface area contributed by atoms with Crippen molar-refractivity contribution in [3.05, 3.63) is 29.3 Å². The van der Waals surface area contributed by atoms with E-state index in [0.717, 1.165) is 22.8 Å². The smallest absolute Gasteiger partial charge is 0.159 e. The highest BCUT2D eigenvalue weighted by Crippen LogP contribution is 2.40. The molecule has 88 valence electrons. The van der Waals surface area contributed by atoms with E-state index in [0.29, 0.717) is 5.92 Å². The molecule has 0 radical (unpaired) electrons. The maximum absolute atomic E-state index is 13.2. The molecule has 2 atom stereocenters. The predicted octanol–water partition coefficient (Wildman–Crippen LogP) is 3.36. The van der Waals surface area contributed by atoms with Gasteiger partial charge in [0.25, 0.3) is 0 Å². The molecule has 0 aromatic heterocycles. The van der Waals surface area contributed by atoms with Crippen LogP contribution in [0.15, 0.2) is 17.0 Å². The fourth-order valence-electron chi connectivity index (χ4n) is 2.07. The minimum absolute atomic E-state index is 0.136. The average molecular weight is 243 g/mol. The summed E-state index contributed by atoms with van der Waals surface area (Å²) in [4.78, 5) is 0.864. The lowest BCUT2D eigenvalue weighted by atomic mass is 9.95. The van der Waals surface area contributed by atoms with E-state index in [-0.39, 0.29) is 6.04 Å². The molecule has 0 amide bonds. The van der Waals surface area contributed by atoms with E-state index >= 15 is 0 Å². The number of hydrogen-bond acceptors (Lipinski definition) is 2. The predicted molar refractivity (Wildman–Crippen MR) is 62.7 cm³/mol. The van der Waals surface area contributed by atoms with Gasteiger partial charge in [-0.05, 0) is 30.2 Å². The van der Waals surface area contributed by atoms with Crippen molar-refractivity contribution >= 4 is 11.8 Å². The third kappa shape index (κ3) is 2.09. The summed E-state index contributed by atoms with van der Waals surface area (Å²) in [7, 11) is 0. The van der Waals surface area contributed by atoms with E-state index in [1.54, 1.807) is 11.8 Å². The Morgan fingerprint density at radius 1 is 1.38 bits per heavy atom. The average Bonchev–Trinajstić information content (AvgIpc) is 2.25. The van der Waals surface area contributed by atoms with E-state index in [1.807, 2.05) is 6.92 Å². The van der Waals surface area contributed by atoms with Crippen LogP contribution in [0.5, 0.6) is 0 Å². The first-order chi connectivity index (χ1) is 7.63. The van der Waals surface area contributed by atoms with Crippen LogP contribution in [0.2, 0.25) is 0 Å². The summed E-state index contributed by atoms with van der Waals surface area (Å²) in [6, 6.07) is 2.78. The fraction of sp³-hybridized carbons (Fsp3) is 0.500. The Hall–Kier alpha value is -0.610. The second kappa shape index (κ2) is 4.72.